The maximum absolute atomic E-state index is 12.1. The maximum atomic E-state index is 12.1. The van der Waals surface area contributed by atoms with Crippen molar-refractivity contribution in [3.63, 3.8) is 0 Å². The van der Waals surface area contributed by atoms with Crippen LogP contribution in [0.15, 0.2) is 21.6 Å². The van der Waals surface area contributed by atoms with E-state index in [1.807, 2.05) is 0 Å². The van der Waals surface area contributed by atoms with Crippen molar-refractivity contribution in [3.8, 4) is 0 Å². The van der Waals surface area contributed by atoms with Gasteiger partial charge in [0.05, 0.1) is 23.7 Å². The van der Waals surface area contributed by atoms with E-state index in [0.29, 0.717) is 17.3 Å². The van der Waals surface area contributed by atoms with Crippen molar-refractivity contribution >= 4 is 10.0 Å². The van der Waals surface area contributed by atoms with E-state index in [4.69, 9.17) is 9.52 Å². The minimum atomic E-state index is -3.66. The number of aryl methyl sites for hydroxylation is 3. The van der Waals surface area contributed by atoms with Gasteiger partial charge in [-0.1, -0.05) is 0 Å². The van der Waals surface area contributed by atoms with Crippen molar-refractivity contribution in [1.82, 2.24) is 14.3 Å². The van der Waals surface area contributed by atoms with Gasteiger partial charge >= 0.3 is 0 Å². The third-order valence-electron chi connectivity index (χ3n) is 3.04. The molecule has 0 unspecified atom stereocenters. The number of aromatic nitrogens is 2. The summed E-state index contributed by atoms with van der Waals surface area (Å²) in [6, 6.07) is 1.42. The van der Waals surface area contributed by atoms with Crippen molar-refractivity contribution < 1.29 is 17.9 Å². The van der Waals surface area contributed by atoms with Crippen molar-refractivity contribution in [2.24, 2.45) is 7.05 Å². The number of oxazole rings is 1. The number of nitrogens with zero attached hydrogens (tertiary/aromatic N) is 2. The molecule has 0 aliphatic heterocycles. The van der Waals surface area contributed by atoms with Crippen LogP contribution < -0.4 is 4.72 Å². The van der Waals surface area contributed by atoms with Crippen LogP contribution in [0.2, 0.25) is 0 Å². The molecule has 8 heteroatoms. The first kappa shape index (κ1) is 14.8. The first-order chi connectivity index (χ1) is 9.33. The van der Waals surface area contributed by atoms with Gasteiger partial charge in [0, 0.05) is 18.9 Å². The average Bonchev–Trinajstić information content (AvgIpc) is 2.91. The summed E-state index contributed by atoms with van der Waals surface area (Å²) < 4.78 is 33.5. The molecule has 0 saturated heterocycles. The Morgan fingerprint density at radius 3 is 2.65 bits per heavy atom. The standard InChI is InChI=1S/C12H17N3O4S/c1-8-9(2)19-12(14-8)5-13-20(17,18)11-4-10(7-16)15(3)6-11/h4,6,13,16H,5,7H2,1-3H3. The van der Waals surface area contributed by atoms with E-state index < -0.39 is 10.0 Å². The molecule has 0 atom stereocenters. The van der Waals surface area contributed by atoms with Crippen LogP contribution in [-0.2, 0) is 30.2 Å². The zero-order valence-corrected chi connectivity index (χ0v) is 12.4. The Hall–Kier alpha value is -1.64. The Bertz CT molecular complexity index is 696. The van der Waals surface area contributed by atoms with Crippen molar-refractivity contribution in [1.29, 1.82) is 0 Å². The van der Waals surface area contributed by atoms with E-state index in [2.05, 4.69) is 9.71 Å². The van der Waals surface area contributed by atoms with Gasteiger partial charge in [0.25, 0.3) is 0 Å². The lowest BCUT2D eigenvalue weighted by Gasteiger charge is -2.01. The van der Waals surface area contributed by atoms with Crippen LogP contribution in [0.25, 0.3) is 0 Å². The third-order valence-corrected chi connectivity index (χ3v) is 4.41. The van der Waals surface area contributed by atoms with E-state index in [1.165, 1.54) is 12.3 Å². The van der Waals surface area contributed by atoms with Crippen LogP contribution in [0.4, 0.5) is 0 Å². The molecule has 2 aromatic heterocycles. The molecule has 2 heterocycles. The van der Waals surface area contributed by atoms with E-state index in [-0.39, 0.29) is 18.0 Å². The summed E-state index contributed by atoms with van der Waals surface area (Å²) in [7, 11) is -1.98. The zero-order chi connectivity index (χ0) is 14.9. The van der Waals surface area contributed by atoms with Gasteiger partial charge < -0.3 is 14.1 Å². The number of nitrogens with one attached hydrogen (secondary N) is 1. The number of sulfonamides is 1. The predicted octanol–water partition coefficient (Wildman–Crippen LogP) is 0.601. The van der Waals surface area contributed by atoms with Crippen LogP contribution in [0, 0.1) is 13.8 Å². The molecule has 0 aliphatic carbocycles. The van der Waals surface area contributed by atoms with Crippen LogP contribution in [0.1, 0.15) is 23.0 Å². The monoisotopic (exact) mass is 299 g/mol. The fraction of sp³-hybridized carbons (Fsp3) is 0.417. The fourth-order valence-corrected chi connectivity index (χ4v) is 2.80. The normalized spacial score (nSPS) is 12.0. The van der Waals surface area contributed by atoms with Gasteiger partial charge in [-0.25, -0.2) is 18.1 Å². The summed E-state index contributed by atoms with van der Waals surface area (Å²) in [6.45, 7) is 3.33. The molecule has 0 bridgehead atoms. The maximum Gasteiger partial charge on any atom is 0.242 e. The number of hydrogen-bond donors (Lipinski definition) is 2. The molecule has 2 N–H and O–H groups in total. The Kier molecular flexibility index (Phi) is 3.98. The summed E-state index contributed by atoms with van der Waals surface area (Å²) in [5.74, 6) is 0.989. The van der Waals surface area contributed by atoms with Crippen molar-refractivity contribution in [2.75, 3.05) is 0 Å². The molecule has 0 aliphatic rings. The molecule has 0 fully saturated rings. The van der Waals surface area contributed by atoms with E-state index in [9.17, 15) is 8.42 Å². The Labute approximate surface area is 117 Å². The highest BCUT2D eigenvalue weighted by molar-refractivity contribution is 7.89. The molecule has 0 radical (unpaired) electrons. The number of hydrogen-bond acceptors (Lipinski definition) is 5. The molecule has 0 spiro atoms. The Morgan fingerprint density at radius 2 is 2.15 bits per heavy atom. The fourth-order valence-electron chi connectivity index (χ4n) is 1.74. The zero-order valence-electron chi connectivity index (χ0n) is 11.5. The van der Waals surface area contributed by atoms with Gasteiger partial charge in [-0.2, -0.15) is 0 Å². The van der Waals surface area contributed by atoms with Gasteiger partial charge in [-0.05, 0) is 19.9 Å². The number of aliphatic hydroxyl groups is 1. The summed E-state index contributed by atoms with van der Waals surface area (Å²) in [5, 5.41) is 9.08. The molecule has 2 rings (SSSR count). The molecule has 0 saturated carbocycles. The van der Waals surface area contributed by atoms with Crippen molar-refractivity contribution in [2.45, 2.75) is 31.9 Å². The highest BCUT2D eigenvalue weighted by Crippen LogP contribution is 2.14. The second-order valence-corrected chi connectivity index (χ2v) is 6.28. The smallest absolute Gasteiger partial charge is 0.242 e. The lowest BCUT2D eigenvalue weighted by Crippen LogP contribution is -2.23. The van der Waals surface area contributed by atoms with Gasteiger partial charge in [0.15, 0.2) is 0 Å². The van der Waals surface area contributed by atoms with Crippen LogP contribution in [0.5, 0.6) is 0 Å². The summed E-state index contributed by atoms with van der Waals surface area (Å²) >= 11 is 0. The molecule has 7 nitrogen and oxygen atoms in total. The molecule has 0 aromatic carbocycles. The minimum Gasteiger partial charge on any atom is -0.444 e. The lowest BCUT2D eigenvalue weighted by atomic mass is 10.4. The lowest BCUT2D eigenvalue weighted by molar-refractivity contribution is 0.272. The van der Waals surface area contributed by atoms with Crippen LogP contribution >= 0.6 is 0 Å². The van der Waals surface area contributed by atoms with Crippen molar-refractivity contribution in [3.05, 3.63) is 35.3 Å². The molecule has 20 heavy (non-hydrogen) atoms. The average molecular weight is 299 g/mol. The summed E-state index contributed by atoms with van der Waals surface area (Å²) in [6.07, 6.45) is 1.44. The largest absolute Gasteiger partial charge is 0.444 e. The van der Waals surface area contributed by atoms with Gasteiger partial charge in [-0.15, -0.1) is 0 Å². The molecular weight excluding hydrogens is 282 g/mol. The number of rotatable bonds is 5. The Balaban J connectivity index is 2.14. The quantitative estimate of drug-likeness (QED) is 0.842. The van der Waals surface area contributed by atoms with Gasteiger partial charge in [0.2, 0.25) is 15.9 Å². The minimum absolute atomic E-state index is 0.0135. The van der Waals surface area contributed by atoms with E-state index >= 15 is 0 Å². The topological polar surface area (TPSA) is 97.4 Å². The van der Waals surface area contributed by atoms with E-state index in [0.717, 1.165) is 5.69 Å². The summed E-state index contributed by atoms with van der Waals surface area (Å²) in [5.41, 5.74) is 1.26. The SMILES string of the molecule is Cc1nc(CNS(=O)(=O)c2cc(CO)n(C)c2)oc1C. The Morgan fingerprint density at radius 1 is 1.45 bits per heavy atom. The second kappa shape index (κ2) is 5.39. The highest BCUT2D eigenvalue weighted by atomic mass is 32.2. The molecule has 0 amide bonds. The highest BCUT2D eigenvalue weighted by Gasteiger charge is 2.18. The van der Waals surface area contributed by atoms with E-state index in [1.54, 1.807) is 25.5 Å². The second-order valence-electron chi connectivity index (χ2n) is 4.51. The van der Waals surface area contributed by atoms with Gasteiger partial charge in [-0.3, -0.25) is 0 Å². The first-order valence-electron chi connectivity index (χ1n) is 6.02. The van der Waals surface area contributed by atoms with Crippen LogP contribution in [0.3, 0.4) is 0 Å². The van der Waals surface area contributed by atoms with Crippen LogP contribution in [-0.4, -0.2) is 23.1 Å². The van der Waals surface area contributed by atoms with Gasteiger partial charge in [0.1, 0.15) is 5.76 Å². The predicted molar refractivity (Wildman–Crippen MR) is 71.3 cm³/mol. The molecule has 110 valence electrons. The summed E-state index contributed by atoms with van der Waals surface area (Å²) in [4.78, 5) is 4.21. The first-order valence-corrected chi connectivity index (χ1v) is 7.50. The molecule has 2 aromatic rings. The number of aliphatic hydroxyl groups excluding tert-OH is 1. The third kappa shape index (κ3) is 2.92. The molecular formula is C12H17N3O4S.